The first-order valence-electron chi connectivity index (χ1n) is 12.5. The van der Waals surface area contributed by atoms with E-state index in [1.165, 1.54) is 0 Å². The molecule has 2 amide bonds. The Morgan fingerprint density at radius 3 is 2.59 bits per heavy atom. The van der Waals surface area contributed by atoms with Gasteiger partial charge in [0, 0.05) is 41.3 Å². The molecule has 8 heteroatoms. The zero-order chi connectivity index (χ0) is 27.1. The van der Waals surface area contributed by atoms with Gasteiger partial charge in [0.25, 0.3) is 11.8 Å². The Labute approximate surface area is 219 Å². The molecule has 0 atom stereocenters. The Kier molecular flexibility index (Phi) is 9.25. The van der Waals surface area contributed by atoms with Crippen LogP contribution >= 0.6 is 0 Å². The number of nitrogens with one attached hydrogen (secondary N) is 3. The highest BCUT2D eigenvalue weighted by molar-refractivity contribution is 6.35. The fraction of sp³-hybridized carbons (Fsp3) is 0.345. The number of nitrogens with zero attached hydrogens (tertiary/aromatic N) is 2. The highest BCUT2D eigenvalue weighted by atomic mass is 16.5. The van der Waals surface area contributed by atoms with Crippen molar-refractivity contribution in [3.8, 4) is 0 Å². The summed E-state index contributed by atoms with van der Waals surface area (Å²) in [6.07, 6.45) is 5.48. The van der Waals surface area contributed by atoms with Crippen molar-refractivity contribution in [2.75, 3.05) is 38.6 Å². The van der Waals surface area contributed by atoms with Gasteiger partial charge in [-0.25, -0.2) is 0 Å². The maximum absolute atomic E-state index is 13.0. The lowest BCUT2D eigenvalue weighted by molar-refractivity contribution is -0.110. The van der Waals surface area contributed by atoms with Crippen LogP contribution in [0.2, 0.25) is 0 Å². The molecule has 37 heavy (non-hydrogen) atoms. The lowest BCUT2D eigenvalue weighted by Crippen LogP contribution is -2.35. The fourth-order valence-corrected chi connectivity index (χ4v) is 4.54. The minimum Gasteiger partial charge on any atom is -0.494 e. The summed E-state index contributed by atoms with van der Waals surface area (Å²) in [5.74, 6) is 0.249. The fourth-order valence-electron chi connectivity index (χ4n) is 4.54. The first kappa shape index (κ1) is 27.7. The van der Waals surface area contributed by atoms with Crippen molar-refractivity contribution in [3.63, 3.8) is 0 Å². The van der Waals surface area contributed by atoms with Crippen molar-refractivity contribution in [2.45, 2.75) is 34.6 Å². The van der Waals surface area contributed by atoms with Crippen LogP contribution in [0, 0.1) is 13.8 Å². The number of amides is 2. The molecule has 1 aliphatic heterocycles. The summed E-state index contributed by atoms with van der Waals surface area (Å²) >= 11 is 0. The lowest BCUT2D eigenvalue weighted by Gasteiger charge is -2.18. The van der Waals surface area contributed by atoms with Crippen LogP contribution in [-0.2, 0) is 9.53 Å². The van der Waals surface area contributed by atoms with Crippen molar-refractivity contribution in [1.29, 1.82) is 0 Å². The summed E-state index contributed by atoms with van der Waals surface area (Å²) in [5, 5.41) is 5.95. The van der Waals surface area contributed by atoms with Gasteiger partial charge in [0.1, 0.15) is 11.5 Å². The van der Waals surface area contributed by atoms with Gasteiger partial charge in [-0.3, -0.25) is 14.6 Å². The Bertz CT molecular complexity index is 1280. The normalized spacial score (nSPS) is 14.7. The molecule has 0 radical (unpaired) electrons. The predicted molar refractivity (Wildman–Crippen MR) is 152 cm³/mol. The molecule has 2 heterocycles. The maximum atomic E-state index is 13.0. The van der Waals surface area contributed by atoms with Crippen LogP contribution in [0.3, 0.4) is 0 Å². The summed E-state index contributed by atoms with van der Waals surface area (Å²) in [5.41, 5.74) is 6.20. The number of likely N-dealkylation sites (N-methyl/N-ethyl adjacent to an activating group) is 1. The van der Waals surface area contributed by atoms with Crippen LogP contribution in [0.5, 0.6) is 0 Å². The summed E-state index contributed by atoms with van der Waals surface area (Å²) in [6.45, 7) is 16.8. The average Bonchev–Trinajstić information content (AvgIpc) is 3.35. The van der Waals surface area contributed by atoms with E-state index in [4.69, 9.17) is 4.74 Å². The summed E-state index contributed by atoms with van der Waals surface area (Å²) in [4.78, 5) is 35.6. The molecule has 2 aromatic rings. The number of fused-ring (bicyclic) bond motifs is 1. The number of benzene rings is 1. The van der Waals surface area contributed by atoms with E-state index in [-0.39, 0.29) is 11.8 Å². The van der Waals surface area contributed by atoms with Gasteiger partial charge in [-0.05, 0) is 70.4 Å². The second-order valence-electron chi connectivity index (χ2n) is 8.79. The van der Waals surface area contributed by atoms with Crippen molar-refractivity contribution >= 4 is 41.6 Å². The molecule has 0 aliphatic carbocycles. The Balaban J connectivity index is 1.96. The number of aromatic amines is 1. The molecule has 1 aromatic carbocycles. The summed E-state index contributed by atoms with van der Waals surface area (Å²) < 4.78 is 5.49. The number of carbonyl (C=O) groups is 2. The number of anilines is 1. The van der Waals surface area contributed by atoms with Gasteiger partial charge in [-0.2, -0.15) is 0 Å². The van der Waals surface area contributed by atoms with Crippen LogP contribution in [0.25, 0.3) is 17.3 Å². The third-order valence-corrected chi connectivity index (χ3v) is 6.61. The topological polar surface area (TPSA) is 98.8 Å². The van der Waals surface area contributed by atoms with Crippen molar-refractivity contribution < 1.29 is 14.3 Å². The number of hydrogen-bond donors (Lipinski definition) is 3. The quantitative estimate of drug-likeness (QED) is 0.178. The number of aliphatic imine (C=N–C) groups is 1. The molecular weight excluding hydrogens is 466 g/mol. The number of aryl methyl sites for hydroxylation is 1. The summed E-state index contributed by atoms with van der Waals surface area (Å²) in [6, 6.07) is 5.62. The number of carbonyl (C=O) groups excluding carboxylic acids is 2. The van der Waals surface area contributed by atoms with Crippen LogP contribution in [0.15, 0.2) is 41.1 Å². The van der Waals surface area contributed by atoms with E-state index < -0.39 is 0 Å². The molecule has 0 unspecified atom stereocenters. The van der Waals surface area contributed by atoms with E-state index >= 15 is 0 Å². The highest BCUT2D eigenvalue weighted by Gasteiger charge is 2.26. The van der Waals surface area contributed by atoms with E-state index in [0.29, 0.717) is 34.8 Å². The van der Waals surface area contributed by atoms with Gasteiger partial charge in [0.15, 0.2) is 0 Å². The lowest BCUT2D eigenvalue weighted by atomic mass is 10.00. The van der Waals surface area contributed by atoms with E-state index in [2.05, 4.69) is 46.1 Å². The van der Waals surface area contributed by atoms with Gasteiger partial charge >= 0.3 is 0 Å². The number of rotatable bonds is 11. The zero-order valence-electron chi connectivity index (χ0n) is 22.6. The number of H-pyrrole nitrogens is 1. The molecule has 0 fully saturated rings. The first-order chi connectivity index (χ1) is 17.8. The Morgan fingerprint density at radius 2 is 1.97 bits per heavy atom. The average molecular weight is 504 g/mol. The molecular formula is C29H37N5O3. The highest BCUT2D eigenvalue weighted by Crippen LogP contribution is 2.36. The standard InChI is InChI=1S/C29H37N5O3/c1-8-11-25(37-7)27(30-6)20-12-13-23-21(16-20)22(28(35)33-23)17-24-18(4)26(19(5)32-24)29(36)31-14-15-34(9-2)10-3/h8,11-13,16-17,32H,6,9-10,14-15H2,1-5,7H3,(H,31,36)(H,33,35)/b11-8-,22-17-,27-25+. The predicted octanol–water partition coefficient (Wildman–Crippen LogP) is 4.79. The van der Waals surface area contributed by atoms with Crippen LogP contribution < -0.4 is 10.6 Å². The van der Waals surface area contributed by atoms with E-state index in [0.717, 1.165) is 47.7 Å². The molecule has 3 rings (SSSR count). The molecule has 3 N–H and O–H groups in total. The number of hydrogen-bond acceptors (Lipinski definition) is 5. The maximum Gasteiger partial charge on any atom is 0.256 e. The van der Waals surface area contributed by atoms with Crippen molar-refractivity contribution in [1.82, 2.24) is 15.2 Å². The first-order valence-corrected chi connectivity index (χ1v) is 12.5. The monoisotopic (exact) mass is 503 g/mol. The third-order valence-electron chi connectivity index (χ3n) is 6.61. The molecule has 0 saturated heterocycles. The van der Waals surface area contributed by atoms with Crippen molar-refractivity contribution in [3.05, 3.63) is 69.8 Å². The zero-order valence-corrected chi connectivity index (χ0v) is 22.6. The largest absolute Gasteiger partial charge is 0.494 e. The van der Waals surface area contributed by atoms with Crippen LogP contribution in [-0.4, -0.2) is 61.7 Å². The second kappa shape index (κ2) is 12.4. The van der Waals surface area contributed by atoms with E-state index in [9.17, 15) is 9.59 Å². The summed E-state index contributed by atoms with van der Waals surface area (Å²) in [7, 11) is 1.58. The van der Waals surface area contributed by atoms with Crippen LogP contribution in [0.4, 0.5) is 5.69 Å². The second-order valence-corrected chi connectivity index (χ2v) is 8.79. The smallest absolute Gasteiger partial charge is 0.256 e. The molecule has 0 saturated carbocycles. The number of methoxy groups -OCH3 is 1. The van der Waals surface area contributed by atoms with Crippen molar-refractivity contribution in [2.24, 2.45) is 4.99 Å². The number of ether oxygens (including phenoxy) is 1. The number of aromatic nitrogens is 1. The molecule has 196 valence electrons. The molecule has 8 nitrogen and oxygen atoms in total. The SMILES string of the molecule is C=N/C(=C(\C=C/C)OC)c1ccc2c(c1)/C(=C/c1[nH]c(C)c(C(=O)NCCN(CC)CC)c1C)C(=O)N2. The molecule has 0 bridgehead atoms. The van der Waals surface area contributed by atoms with Crippen LogP contribution in [0.1, 0.15) is 59.2 Å². The van der Waals surface area contributed by atoms with Gasteiger partial charge in [-0.1, -0.05) is 26.0 Å². The number of allylic oxidation sites excluding steroid dienone is 2. The minimum atomic E-state index is -0.207. The Hall–Kier alpha value is -3.91. The molecule has 1 aromatic heterocycles. The Morgan fingerprint density at radius 1 is 1.24 bits per heavy atom. The van der Waals surface area contributed by atoms with E-state index in [1.54, 1.807) is 13.2 Å². The minimum absolute atomic E-state index is 0.121. The third kappa shape index (κ3) is 5.91. The van der Waals surface area contributed by atoms with Gasteiger partial charge in [0.2, 0.25) is 0 Å². The van der Waals surface area contributed by atoms with E-state index in [1.807, 2.05) is 51.1 Å². The van der Waals surface area contributed by atoms with Gasteiger partial charge in [0.05, 0.1) is 18.2 Å². The molecule has 0 spiro atoms. The molecule has 1 aliphatic rings. The van der Waals surface area contributed by atoms with Gasteiger partial charge in [-0.15, -0.1) is 0 Å². The van der Waals surface area contributed by atoms with Gasteiger partial charge < -0.3 is 25.3 Å².